The van der Waals surface area contributed by atoms with Gasteiger partial charge in [0.05, 0.1) is 19.8 Å². The van der Waals surface area contributed by atoms with Gasteiger partial charge in [0.25, 0.3) is 5.91 Å². The van der Waals surface area contributed by atoms with Gasteiger partial charge in [-0.1, -0.05) is 19.3 Å². The van der Waals surface area contributed by atoms with E-state index in [1.165, 1.54) is 19.3 Å². The SMILES string of the molecule is CCOc1cc(C(=O)NN=CC2CCCCC2)cc(OCC)c1OCC. The Kier molecular flexibility index (Phi) is 8.25. The van der Waals surface area contributed by atoms with E-state index in [1.54, 1.807) is 12.1 Å². The molecule has 144 valence electrons. The molecule has 2 rings (SSSR count). The molecule has 0 unspecified atom stereocenters. The Bertz CT molecular complexity index is 583. The molecule has 1 aliphatic carbocycles. The molecule has 1 aliphatic rings. The molecule has 0 atom stereocenters. The van der Waals surface area contributed by atoms with Crippen molar-refractivity contribution in [3.05, 3.63) is 17.7 Å². The molecule has 1 amide bonds. The third-order valence-electron chi connectivity index (χ3n) is 4.27. The van der Waals surface area contributed by atoms with Crippen LogP contribution in [0.1, 0.15) is 63.2 Å². The van der Waals surface area contributed by atoms with E-state index in [0.29, 0.717) is 48.6 Å². The van der Waals surface area contributed by atoms with E-state index in [9.17, 15) is 4.79 Å². The standard InChI is InChI=1S/C20H30N2O4/c1-4-24-17-12-16(13-18(25-5-2)19(17)26-6-3)20(23)22-21-14-15-10-8-7-9-11-15/h12-15H,4-11H2,1-3H3,(H,22,23). The quantitative estimate of drug-likeness (QED) is 0.528. The number of nitrogens with one attached hydrogen (secondary N) is 1. The van der Waals surface area contributed by atoms with Gasteiger partial charge >= 0.3 is 0 Å². The predicted molar refractivity (Wildman–Crippen MR) is 102 cm³/mol. The van der Waals surface area contributed by atoms with Gasteiger partial charge in [0.2, 0.25) is 5.75 Å². The summed E-state index contributed by atoms with van der Waals surface area (Å²) in [6, 6.07) is 3.34. The average molecular weight is 362 g/mol. The fraction of sp³-hybridized carbons (Fsp3) is 0.600. The normalized spacial score (nSPS) is 15.0. The van der Waals surface area contributed by atoms with Crippen LogP contribution in [0.2, 0.25) is 0 Å². The Balaban J connectivity index is 2.15. The van der Waals surface area contributed by atoms with Gasteiger partial charge in [0.15, 0.2) is 11.5 Å². The highest BCUT2D eigenvalue weighted by atomic mass is 16.5. The van der Waals surface area contributed by atoms with Crippen molar-refractivity contribution in [2.45, 2.75) is 52.9 Å². The van der Waals surface area contributed by atoms with Crippen molar-refractivity contribution < 1.29 is 19.0 Å². The van der Waals surface area contributed by atoms with Crippen LogP contribution >= 0.6 is 0 Å². The first-order valence-corrected chi connectivity index (χ1v) is 9.59. The molecule has 0 radical (unpaired) electrons. The summed E-state index contributed by atoms with van der Waals surface area (Å²) in [4.78, 5) is 12.5. The number of carbonyl (C=O) groups is 1. The molecule has 6 nitrogen and oxygen atoms in total. The fourth-order valence-corrected chi connectivity index (χ4v) is 3.07. The summed E-state index contributed by atoms with van der Waals surface area (Å²) in [6.07, 6.45) is 7.91. The number of benzene rings is 1. The molecule has 6 heteroatoms. The van der Waals surface area contributed by atoms with Gasteiger partial charge < -0.3 is 14.2 Å². The largest absolute Gasteiger partial charge is 0.490 e. The Labute approximate surface area is 155 Å². The second kappa shape index (κ2) is 10.7. The summed E-state index contributed by atoms with van der Waals surface area (Å²) in [6.45, 7) is 7.09. The molecule has 0 aliphatic heterocycles. The molecular formula is C20H30N2O4. The summed E-state index contributed by atoms with van der Waals surface area (Å²) >= 11 is 0. The van der Waals surface area contributed by atoms with Crippen molar-refractivity contribution >= 4 is 12.1 Å². The Morgan fingerprint density at radius 3 is 2.15 bits per heavy atom. The van der Waals surface area contributed by atoms with E-state index in [0.717, 1.165) is 12.8 Å². The molecule has 1 aromatic carbocycles. The molecule has 0 bridgehead atoms. The number of hydrogen-bond donors (Lipinski definition) is 1. The zero-order valence-corrected chi connectivity index (χ0v) is 16.0. The van der Waals surface area contributed by atoms with Crippen LogP contribution in [0.5, 0.6) is 17.2 Å². The van der Waals surface area contributed by atoms with Crippen LogP contribution < -0.4 is 19.6 Å². The lowest BCUT2D eigenvalue weighted by molar-refractivity contribution is 0.0953. The van der Waals surface area contributed by atoms with E-state index in [4.69, 9.17) is 14.2 Å². The van der Waals surface area contributed by atoms with Gasteiger partial charge in [0.1, 0.15) is 0 Å². The topological polar surface area (TPSA) is 69.2 Å². The highest BCUT2D eigenvalue weighted by molar-refractivity contribution is 5.95. The minimum Gasteiger partial charge on any atom is -0.490 e. The third kappa shape index (κ3) is 5.64. The van der Waals surface area contributed by atoms with Gasteiger partial charge in [-0.2, -0.15) is 5.10 Å². The van der Waals surface area contributed by atoms with Gasteiger partial charge in [-0.25, -0.2) is 5.43 Å². The molecule has 1 fully saturated rings. The highest BCUT2D eigenvalue weighted by Crippen LogP contribution is 2.39. The number of hydrogen-bond acceptors (Lipinski definition) is 5. The van der Waals surface area contributed by atoms with E-state index in [2.05, 4.69) is 10.5 Å². The monoisotopic (exact) mass is 362 g/mol. The third-order valence-corrected chi connectivity index (χ3v) is 4.27. The summed E-state index contributed by atoms with van der Waals surface area (Å²) < 4.78 is 16.9. The van der Waals surface area contributed by atoms with Gasteiger partial charge in [-0.15, -0.1) is 0 Å². The Morgan fingerprint density at radius 1 is 1.04 bits per heavy atom. The number of rotatable bonds is 9. The second-order valence-electron chi connectivity index (χ2n) is 6.22. The molecule has 0 spiro atoms. The van der Waals surface area contributed by atoms with Crippen molar-refractivity contribution in [3.63, 3.8) is 0 Å². The van der Waals surface area contributed by atoms with Crippen molar-refractivity contribution in [1.29, 1.82) is 0 Å². The van der Waals surface area contributed by atoms with Crippen LogP contribution in [-0.2, 0) is 0 Å². The fourth-order valence-electron chi connectivity index (χ4n) is 3.07. The second-order valence-corrected chi connectivity index (χ2v) is 6.22. The smallest absolute Gasteiger partial charge is 0.271 e. The molecule has 1 aromatic rings. The van der Waals surface area contributed by atoms with Crippen LogP contribution in [0.4, 0.5) is 0 Å². The summed E-state index contributed by atoms with van der Waals surface area (Å²) in [5.41, 5.74) is 3.05. The maximum Gasteiger partial charge on any atom is 0.271 e. The summed E-state index contributed by atoms with van der Waals surface area (Å²) in [5, 5.41) is 4.14. The maximum absolute atomic E-state index is 12.5. The first-order chi connectivity index (χ1) is 12.7. The zero-order valence-electron chi connectivity index (χ0n) is 16.0. The highest BCUT2D eigenvalue weighted by Gasteiger charge is 2.18. The maximum atomic E-state index is 12.5. The average Bonchev–Trinajstić information content (AvgIpc) is 2.65. The molecule has 26 heavy (non-hydrogen) atoms. The van der Waals surface area contributed by atoms with E-state index in [-0.39, 0.29) is 5.91 Å². The minimum atomic E-state index is -0.290. The Hall–Kier alpha value is -2.24. The molecule has 1 N–H and O–H groups in total. The van der Waals surface area contributed by atoms with E-state index < -0.39 is 0 Å². The molecule has 0 saturated heterocycles. The van der Waals surface area contributed by atoms with Crippen LogP contribution in [0.3, 0.4) is 0 Å². The van der Waals surface area contributed by atoms with Crippen LogP contribution in [-0.4, -0.2) is 31.9 Å². The van der Waals surface area contributed by atoms with Crippen molar-refractivity contribution in [3.8, 4) is 17.2 Å². The lowest BCUT2D eigenvalue weighted by atomic mass is 9.90. The summed E-state index contributed by atoms with van der Waals surface area (Å²) in [7, 11) is 0. The van der Waals surface area contributed by atoms with Crippen LogP contribution in [0.15, 0.2) is 17.2 Å². The predicted octanol–water partition coefficient (Wildman–Crippen LogP) is 4.18. The summed E-state index contributed by atoms with van der Waals surface area (Å²) in [5.74, 6) is 1.70. The Morgan fingerprint density at radius 2 is 1.62 bits per heavy atom. The minimum absolute atomic E-state index is 0.290. The lowest BCUT2D eigenvalue weighted by Crippen LogP contribution is -2.19. The number of nitrogens with zero attached hydrogens (tertiary/aromatic N) is 1. The molecule has 0 aromatic heterocycles. The number of carbonyl (C=O) groups excluding carboxylic acids is 1. The van der Waals surface area contributed by atoms with Crippen molar-refractivity contribution in [2.75, 3.05) is 19.8 Å². The van der Waals surface area contributed by atoms with Crippen molar-refractivity contribution in [1.82, 2.24) is 5.43 Å². The van der Waals surface area contributed by atoms with Gasteiger partial charge in [-0.05, 0) is 51.7 Å². The van der Waals surface area contributed by atoms with Gasteiger partial charge in [-0.3, -0.25) is 4.79 Å². The van der Waals surface area contributed by atoms with Crippen LogP contribution in [0, 0.1) is 5.92 Å². The van der Waals surface area contributed by atoms with E-state index in [1.807, 2.05) is 27.0 Å². The number of ether oxygens (including phenoxy) is 3. The van der Waals surface area contributed by atoms with Gasteiger partial charge in [0, 0.05) is 11.8 Å². The number of hydrazone groups is 1. The molecule has 1 saturated carbocycles. The van der Waals surface area contributed by atoms with Crippen molar-refractivity contribution in [2.24, 2.45) is 11.0 Å². The molecular weight excluding hydrogens is 332 g/mol. The van der Waals surface area contributed by atoms with E-state index >= 15 is 0 Å². The number of amides is 1. The zero-order chi connectivity index (χ0) is 18.8. The first kappa shape index (κ1) is 20.1. The molecule has 0 heterocycles. The first-order valence-electron chi connectivity index (χ1n) is 9.59. The lowest BCUT2D eigenvalue weighted by Gasteiger charge is -2.17. The van der Waals surface area contributed by atoms with Crippen LogP contribution in [0.25, 0.3) is 0 Å².